The van der Waals surface area contributed by atoms with Gasteiger partial charge in [0.05, 0.1) is 0 Å². The molecule has 0 aliphatic rings. The second-order valence-electron chi connectivity index (χ2n) is 1.25. The fourth-order valence-corrected chi connectivity index (χ4v) is 0.471. The van der Waals surface area contributed by atoms with E-state index in [4.69, 9.17) is 4.84 Å². The van der Waals surface area contributed by atoms with Crippen LogP contribution in [0, 0.1) is 0 Å². The lowest BCUT2D eigenvalue weighted by Gasteiger charge is -2.10. The fraction of sp³-hybridized carbons (Fsp3) is 0.750. The Morgan fingerprint density at radius 2 is 2.38 bits per heavy atom. The Kier molecular flexibility index (Phi) is 3.81. The minimum absolute atomic E-state index is 0.107. The van der Waals surface area contributed by atoms with Crippen molar-refractivity contribution in [1.82, 2.24) is 5.06 Å². The van der Waals surface area contributed by atoms with Gasteiger partial charge in [-0.3, -0.25) is 9.63 Å². The van der Waals surface area contributed by atoms with Crippen molar-refractivity contribution in [2.75, 3.05) is 12.6 Å². The Bertz CT molecular complexity index is 86.1. The third-order valence-electron chi connectivity index (χ3n) is 0.686. The van der Waals surface area contributed by atoms with Gasteiger partial charge < -0.3 is 0 Å². The number of hydrogen-bond acceptors (Lipinski definition) is 2. The Labute approximate surface area is 56.7 Å². The largest absolute Gasteiger partial charge is 0.273 e. The number of hydrogen-bond donors (Lipinski definition) is 0. The summed E-state index contributed by atoms with van der Waals surface area (Å²) in [4.78, 5) is 15.0. The van der Waals surface area contributed by atoms with Crippen LogP contribution in [0.25, 0.3) is 0 Å². The molecule has 0 atom stereocenters. The number of halogens is 1. The molecule has 0 unspecified atom stereocenters. The Morgan fingerprint density at radius 1 is 1.88 bits per heavy atom. The molecule has 0 aliphatic carbocycles. The van der Waals surface area contributed by atoms with Crippen molar-refractivity contribution in [3.05, 3.63) is 0 Å². The van der Waals surface area contributed by atoms with Gasteiger partial charge in [0.15, 0.2) is 0 Å². The van der Waals surface area contributed by atoms with Crippen molar-refractivity contribution in [3.63, 3.8) is 0 Å². The molecule has 0 aromatic rings. The average molecular weight is 182 g/mol. The molecule has 3 nitrogen and oxygen atoms in total. The monoisotopic (exact) mass is 181 g/mol. The van der Waals surface area contributed by atoms with E-state index in [1.54, 1.807) is 7.05 Å². The molecular formula is C4H8BrNO2. The first-order valence-electron chi connectivity index (χ1n) is 2.11. The average Bonchev–Trinajstić information content (AvgIpc) is 1.67. The van der Waals surface area contributed by atoms with E-state index in [1.807, 2.05) is 0 Å². The van der Waals surface area contributed by atoms with E-state index in [-0.39, 0.29) is 5.91 Å². The quantitative estimate of drug-likeness (QED) is 0.465. The Balaban J connectivity index is 3.32. The summed E-state index contributed by atoms with van der Waals surface area (Å²) in [5.41, 5.74) is 0.350. The molecule has 0 aliphatic heterocycles. The maximum atomic E-state index is 10.3. The second-order valence-corrected chi connectivity index (χ2v) is 1.71. The summed E-state index contributed by atoms with van der Waals surface area (Å²) in [6, 6.07) is 0. The van der Waals surface area contributed by atoms with Gasteiger partial charge in [0.25, 0.3) is 0 Å². The van der Waals surface area contributed by atoms with Crippen LogP contribution in [0.2, 0.25) is 0 Å². The maximum Gasteiger partial charge on any atom is 0.242 e. The van der Waals surface area contributed by atoms with Crippen LogP contribution in [-0.4, -0.2) is 23.5 Å². The number of carbonyl (C=O) groups is 1. The molecule has 0 saturated heterocycles. The normalized spacial score (nSPS) is 8.88. The third-order valence-corrected chi connectivity index (χ3v) is 0.891. The lowest BCUT2D eigenvalue weighted by molar-refractivity contribution is -0.167. The number of alkyl halides is 1. The van der Waals surface area contributed by atoms with Crippen molar-refractivity contribution in [2.24, 2.45) is 0 Å². The lowest BCUT2D eigenvalue weighted by Crippen LogP contribution is -2.23. The molecule has 0 spiro atoms. The number of carbonyl (C=O) groups excluding carboxylic acids is 1. The zero-order valence-corrected chi connectivity index (χ0v) is 6.43. The van der Waals surface area contributed by atoms with E-state index < -0.39 is 0 Å². The first-order chi connectivity index (χ1) is 3.68. The van der Waals surface area contributed by atoms with E-state index in [2.05, 4.69) is 15.9 Å². The Morgan fingerprint density at radius 3 is 2.50 bits per heavy atom. The van der Waals surface area contributed by atoms with E-state index in [0.29, 0.717) is 5.52 Å². The van der Waals surface area contributed by atoms with Crippen LogP contribution in [0.1, 0.15) is 6.92 Å². The molecule has 0 N–H and O–H groups in total. The molecule has 0 saturated carbocycles. The van der Waals surface area contributed by atoms with Crippen LogP contribution in [0.15, 0.2) is 0 Å². The van der Waals surface area contributed by atoms with Gasteiger partial charge in [0.1, 0.15) is 5.52 Å². The number of rotatable bonds is 2. The molecule has 0 aromatic heterocycles. The highest BCUT2D eigenvalue weighted by Crippen LogP contribution is 1.88. The van der Waals surface area contributed by atoms with Gasteiger partial charge in [-0.2, -0.15) is 0 Å². The van der Waals surface area contributed by atoms with Crippen molar-refractivity contribution >= 4 is 21.8 Å². The number of nitrogens with zero attached hydrogens (tertiary/aromatic N) is 1. The molecule has 4 heteroatoms. The summed E-state index contributed by atoms with van der Waals surface area (Å²) in [5.74, 6) is -0.107. The zero-order chi connectivity index (χ0) is 6.57. The van der Waals surface area contributed by atoms with Crippen LogP contribution >= 0.6 is 15.9 Å². The molecule has 1 amide bonds. The van der Waals surface area contributed by atoms with Crippen LogP contribution in [0.3, 0.4) is 0 Å². The first-order valence-corrected chi connectivity index (χ1v) is 3.23. The summed E-state index contributed by atoms with van der Waals surface area (Å²) in [5, 5.41) is 1.16. The predicted molar refractivity (Wildman–Crippen MR) is 33.3 cm³/mol. The number of amides is 1. The Hall–Kier alpha value is -0.0900. The van der Waals surface area contributed by atoms with Crippen molar-refractivity contribution in [1.29, 1.82) is 0 Å². The summed E-state index contributed by atoms with van der Waals surface area (Å²) < 4.78 is 0. The highest BCUT2D eigenvalue weighted by Gasteiger charge is 1.97. The second kappa shape index (κ2) is 3.86. The smallest absolute Gasteiger partial charge is 0.242 e. The predicted octanol–water partition coefficient (Wildman–Crippen LogP) is 0.749. The summed E-state index contributed by atoms with van der Waals surface area (Å²) in [6.45, 7) is 1.43. The molecule has 0 aromatic carbocycles. The van der Waals surface area contributed by atoms with E-state index in [0.717, 1.165) is 5.06 Å². The van der Waals surface area contributed by atoms with Crippen molar-refractivity contribution < 1.29 is 9.63 Å². The molecule has 0 fully saturated rings. The highest BCUT2D eigenvalue weighted by atomic mass is 79.9. The topological polar surface area (TPSA) is 29.5 Å². The summed E-state index contributed by atoms with van der Waals surface area (Å²) >= 11 is 3.00. The zero-order valence-electron chi connectivity index (χ0n) is 4.85. The summed E-state index contributed by atoms with van der Waals surface area (Å²) in [7, 11) is 1.56. The van der Waals surface area contributed by atoms with Crippen LogP contribution in [-0.2, 0) is 9.63 Å². The minimum Gasteiger partial charge on any atom is -0.273 e. The van der Waals surface area contributed by atoms with E-state index >= 15 is 0 Å². The van der Waals surface area contributed by atoms with E-state index in [1.165, 1.54) is 6.92 Å². The molecule has 0 heterocycles. The molecule has 0 radical (unpaired) electrons. The van der Waals surface area contributed by atoms with Crippen LogP contribution in [0.4, 0.5) is 0 Å². The van der Waals surface area contributed by atoms with Gasteiger partial charge in [-0.25, -0.2) is 5.06 Å². The van der Waals surface area contributed by atoms with E-state index in [9.17, 15) is 4.79 Å². The van der Waals surface area contributed by atoms with Gasteiger partial charge in [0, 0.05) is 14.0 Å². The molecule has 8 heavy (non-hydrogen) atoms. The lowest BCUT2D eigenvalue weighted by atomic mass is 10.7. The van der Waals surface area contributed by atoms with Crippen LogP contribution < -0.4 is 0 Å². The molecule has 0 bridgehead atoms. The molecule has 48 valence electrons. The van der Waals surface area contributed by atoms with Gasteiger partial charge in [-0.15, -0.1) is 0 Å². The maximum absolute atomic E-state index is 10.3. The fourth-order valence-electron chi connectivity index (χ4n) is 0.164. The van der Waals surface area contributed by atoms with Gasteiger partial charge in [-0.05, 0) is 0 Å². The van der Waals surface area contributed by atoms with Crippen molar-refractivity contribution in [3.8, 4) is 0 Å². The molecule has 0 rings (SSSR count). The minimum atomic E-state index is -0.107. The van der Waals surface area contributed by atoms with Gasteiger partial charge >= 0.3 is 0 Å². The SMILES string of the molecule is CC(=O)N(C)OCBr. The third kappa shape index (κ3) is 2.98. The first kappa shape index (κ1) is 7.91. The van der Waals surface area contributed by atoms with Gasteiger partial charge in [-0.1, -0.05) is 15.9 Å². The molecular weight excluding hydrogens is 174 g/mol. The van der Waals surface area contributed by atoms with Gasteiger partial charge in [0.2, 0.25) is 5.91 Å². The van der Waals surface area contributed by atoms with Crippen molar-refractivity contribution in [2.45, 2.75) is 6.92 Å². The van der Waals surface area contributed by atoms with Crippen LogP contribution in [0.5, 0.6) is 0 Å². The number of hydroxylamine groups is 2. The highest BCUT2D eigenvalue weighted by molar-refractivity contribution is 9.09. The standard InChI is InChI=1S/C4H8BrNO2/c1-4(7)6(2)8-3-5/h3H2,1-2H3. The summed E-state index contributed by atoms with van der Waals surface area (Å²) in [6.07, 6.45) is 0.